The molecule has 3 nitrogen and oxygen atoms in total. The molecule has 0 unspecified atom stereocenters. The zero-order valence-corrected chi connectivity index (χ0v) is 17.3. The first-order valence-electron chi connectivity index (χ1n) is 10.5. The molecule has 3 atom stereocenters. The van der Waals surface area contributed by atoms with E-state index in [0.29, 0.717) is 11.8 Å². The molecule has 28 heavy (non-hydrogen) atoms. The van der Waals surface area contributed by atoms with Crippen molar-refractivity contribution in [3.8, 4) is 0 Å². The van der Waals surface area contributed by atoms with Crippen molar-refractivity contribution in [2.24, 2.45) is 17.3 Å². The number of hydrogen-bond donors (Lipinski definition) is 0. The number of rotatable bonds is 6. The molecule has 0 spiro atoms. The van der Waals surface area contributed by atoms with Crippen LogP contribution in [0.2, 0.25) is 0 Å². The van der Waals surface area contributed by atoms with Crippen LogP contribution in [0.15, 0.2) is 61.2 Å². The van der Waals surface area contributed by atoms with Crippen molar-refractivity contribution in [3.05, 3.63) is 66.7 Å². The SMILES string of the molecule is CO[C@@H]1[C@@H](Cn2ccnc2)[C@H](CCc2ccc3ccccc3c2)CCC1(C)C. The number of nitrogens with zero attached hydrogens (tertiary/aromatic N) is 2. The van der Waals surface area contributed by atoms with Crippen molar-refractivity contribution in [3.63, 3.8) is 0 Å². The fourth-order valence-corrected chi connectivity index (χ4v) is 5.22. The van der Waals surface area contributed by atoms with Crippen LogP contribution < -0.4 is 0 Å². The molecule has 1 fully saturated rings. The van der Waals surface area contributed by atoms with E-state index in [4.69, 9.17) is 4.74 Å². The summed E-state index contributed by atoms with van der Waals surface area (Å²) in [6, 6.07) is 15.6. The highest BCUT2D eigenvalue weighted by Crippen LogP contribution is 2.45. The lowest BCUT2D eigenvalue weighted by Gasteiger charge is -2.47. The van der Waals surface area contributed by atoms with Gasteiger partial charge in [-0.25, -0.2) is 4.98 Å². The second-order valence-electron chi connectivity index (χ2n) is 9.09. The molecule has 2 aromatic carbocycles. The number of imidazole rings is 1. The topological polar surface area (TPSA) is 27.1 Å². The summed E-state index contributed by atoms with van der Waals surface area (Å²) < 4.78 is 8.30. The molecule has 0 radical (unpaired) electrons. The molecule has 0 N–H and O–H groups in total. The van der Waals surface area contributed by atoms with Crippen molar-refractivity contribution < 1.29 is 4.74 Å². The Bertz CT molecular complexity index is 900. The number of hydrogen-bond acceptors (Lipinski definition) is 2. The lowest BCUT2D eigenvalue weighted by molar-refractivity contribution is -0.0916. The first kappa shape index (κ1) is 19.2. The van der Waals surface area contributed by atoms with Gasteiger partial charge in [-0.15, -0.1) is 0 Å². The highest BCUT2D eigenvalue weighted by molar-refractivity contribution is 5.82. The van der Waals surface area contributed by atoms with Gasteiger partial charge in [-0.1, -0.05) is 56.3 Å². The summed E-state index contributed by atoms with van der Waals surface area (Å²) >= 11 is 0. The third-order valence-corrected chi connectivity index (χ3v) is 6.78. The van der Waals surface area contributed by atoms with Gasteiger partial charge in [-0.05, 0) is 53.4 Å². The molecule has 148 valence electrons. The van der Waals surface area contributed by atoms with E-state index in [1.54, 1.807) is 0 Å². The number of benzene rings is 2. The number of methoxy groups -OCH3 is 1. The molecule has 1 saturated carbocycles. The van der Waals surface area contributed by atoms with Crippen molar-refractivity contribution in [2.75, 3.05) is 7.11 Å². The van der Waals surface area contributed by atoms with Gasteiger partial charge in [0.25, 0.3) is 0 Å². The molecule has 3 aromatic rings. The third-order valence-electron chi connectivity index (χ3n) is 6.78. The van der Waals surface area contributed by atoms with E-state index >= 15 is 0 Å². The van der Waals surface area contributed by atoms with Crippen molar-refractivity contribution >= 4 is 10.8 Å². The predicted octanol–water partition coefficient (Wildman–Crippen LogP) is 5.74. The maximum atomic E-state index is 6.07. The van der Waals surface area contributed by atoms with E-state index in [2.05, 4.69) is 72.1 Å². The molecule has 0 amide bonds. The van der Waals surface area contributed by atoms with Crippen LogP contribution in [-0.4, -0.2) is 22.8 Å². The van der Waals surface area contributed by atoms with Gasteiger partial charge in [0.05, 0.1) is 12.4 Å². The fraction of sp³-hybridized carbons (Fsp3) is 0.480. The minimum atomic E-state index is 0.222. The van der Waals surface area contributed by atoms with Gasteiger partial charge in [0.2, 0.25) is 0 Å². The highest BCUT2D eigenvalue weighted by atomic mass is 16.5. The van der Waals surface area contributed by atoms with Crippen molar-refractivity contribution in [1.82, 2.24) is 9.55 Å². The number of ether oxygens (including phenoxy) is 1. The van der Waals surface area contributed by atoms with E-state index < -0.39 is 0 Å². The maximum absolute atomic E-state index is 6.07. The van der Waals surface area contributed by atoms with Crippen LogP contribution in [0.3, 0.4) is 0 Å². The average Bonchev–Trinajstić information content (AvgIpc) is 3.20. The summed E-state index contributed by atoms with van der Waals surface area (Å²) in [5.74, 6) is 1.19. The summed E-state index contributed by atoms with van der Waals surface area (Å²) in [6.07, 6.45) is 11.0. The van der Waals surface area contributed by atoms with Crippen LogP contribution in [0.4, 0.5) is 0 Å². The van der Waals surface area contributed by atoms with Crippen LogP contribution in [0.25, 0.3) is 10.8 Å². The van der Waals surface area contributed by atoms with Gasteiger partial charge < -0.3 is 9.30 Å². The summed E-state index contributed by atoms with van der Waals surface area (Å²) in [7, 11) is 1.89. The number of aryl methyl sites for hydroxylation is 1. The Balaban J connectivity index is 1.51. The zero-order chi connectivity index (χ0) is 19.6. The Morgan fingerprint density at radius 1 is 1.14 bits per heavy atom. The lowest BCUT2D eigenvalue weighted by Crippen LogP contribution is -2.47. The molecule has 1 aliphatic rings. The molecule has 1 aliphatic carbocycles. The summed E-state index contributed by atoms with van der Waals surface area (Å²) in [6.45, 7) is 5.72. The van der Waals surface area contributed by atoms with Crippen molar-refractivity contribution in [2.45, 2.75) is 52.2 Å². The molecular weight excluding hydrogens is 344 g/mol. The van der Waals surface area contributed by atoms with E-state index in [0.717, 1.165) is 13.0 Å². The zero-order valence-electron chi connectivity index (χ0n) is 17.3. The third kappa shape index (κ3) is 4.00. The largest absolute Gasteiger partial charge is 0.381 e. The maximum Gasteiger partial charge on any atom is 0.0946 e. The summed E-state index contributed by atoms with van der Waals surface area (Å²) in [5, 5.41) is 2.66. The fourth-order valence-electron chi connectivity index (χ4n) is 5.22. The quantitative estimate of drug-likeness (QED) is 0.549. The van der Waals surface area contributed by atoms with Crippen LogP contribution in [0.1, 0.15) is 38.7 Å². The summed E-state index contributed by atoms with van der Waals surface area (Å²) in [5.41, 5.74) is 1.67. The van der Waals surface area contributed by atoms with E-state index in [9.17, 15) is 0 Å². The monoisotopic (exact) mass is 376 g/mol. The second kappa shape index (κ2) is 8.08. The van der Waals surface area contributed by atoms with Gasteiger partial charge in [0.15, 0.2) is 0 Å². The normalized spacial score (nSPS) is 24.5. The van der Waals surface area contributed by atoms with Crippen molar-refractivity contribution in [1.29, 1.82) is 0 Å². The molecule has 4 rings (SSSR count). The average molecular weight is 377 g/mol. The minimum absolute atomic E-state index is 0.222. The van der Waals surface area contributed by atoms with Crippen LogP contribution >= 0.6 is 0 Å². The predicted molar refractivity (Wildman–Crippen MR) is 115 cm³/mol. The van der Waals surface area contributed by atoms with Crippen LogP contribution in [0, 0.1) is 17.3 Å². The molecule has 0 bridgehead atoms. The Labute approximate surface area is 168 Å². The lowest BCUT2D eigenvalue weighted by atomic mass is 9.63. The smallest absolute Gasteiger partial charge is 0.0946 e. The van der Waals surface area contributed by atoms with E-state index in [1.165, 1.54) is 35.6 Å². The molecule has 1 aromatic heterocycles. The molecular formula is C25H32N2O. The van der Waals surface area contributed by atoms with Gasteiger partial charge in [-0.2, -0.15) is 0 Å². The van der Waals surface area contributed by atoms with Crippen LogP contribution in [0.5, 0.6) is 0 Å². The minimum Gasteiger partial charge on any atom is -0.381 e. The van der Waals surface area contributed by atoms with E-state index in [1.807, 2.05) is 19.6 Å². The summed E-state index contributed by atoms with van der Waals surface area (Å²) in [4.78, 5) is 4.24. The first-order chi connectivity index (χ1) is 13.6. The standard InChI is InChI=1S/C25H32N2O/c1-25(2)13-12-21(23(24(25)28-3)17-27-15-14-26-18-27)11-9-19-8-10-20-6-4-5-7-22(20)16-19/h4-8,10,14-16,18,21,23-24H,9,11-13,17H2,1-3H3/t21-,23+,24-/m1/s1. The molecule has 1 heterocycles. The Morgan fingerprint density at radius 2 is 1.96 bits per heavy atom. The van der Waals surface area contributed by atoms with Gasteiger partial charge in [-0.3, -0.25) is 0 Å². The van der Waals surface area contributed by atoms with Gasteiger partial charge >= 0.3 is 0 Å². The molecule has 0 saturated heterocycles. The second-order valence-corrected chi connectivity index (χ2v) is 9.09. The van der Waals surface area contributed by atoms with Crippen LogP contribution in [-0.2, 0) is 17.7 Å². The molecule has 0 aliphatic heterocycles. The first-order valence-corrected chi connectivity index (χ1v) is 10.5. The molecule has 3 heteroatoms. The van der Waals surface area contributed by atoms with E-state index in [-0.39, 0.29) is 11.5 Å². The Morgan fingerprint density at radius 3 is 2.71 bits per heavy atom. The Hall–Kier alpha value is -2.13. The number of aromatic nitrogens is 2. The van der Waals surface area contributed by atoms with Gasteiger partial charge in [0, 0.05) is 32.0 Å². The Kier molecular flexibility index (Phi) is 5.54. The number of fused-ring (bicyclic) bond motifs is 1. The highest BCUT2D eigenvalue weighted by Gasteiger charge is 2.44. The van der Waals surface area contributed by atoms with Gasteiger partial charge in [0.1, 0.15) is 0 Å².